The van der Waals surface area contributed by atoms with E-state index in [1.54, 1.807) is 6.20 Å². The lowest BCUT2D eigenvalue weighted by molar-refractivity contribution is 1.05. The molecule has 0 aliphatic rings. The van der Waals surface area contributed by atoms with Crippen molar-refractivity contribution in [2.75, 3.05) is 0 Å². The lowest BCUT2D eigenvalue weighted by Crippen LogP contribution is -1.90. The molecule has 2 rings (SSSR count). The van der Waals surface area contributed by atoms with Gasteiger partial charge in [-0.05, 0) is 24.6 Å². The maximum absolute atomic E-state index is 6.06. The van der Waals surface area contributed by atoms with Crippen LogP contribution in [0.15, 0.2) is 24.4 Å². The largest absolute Gasteiger partial charge is 0.237 e. The van der Waals surface area contributed by atoms with Gasteiger partial charge in [0.2, 0.25) is 0 Å². The Morgan fingerprint density at radius 1 is 1.46 bits per heavy atom. The highest BCUT2D eigenvalue weighted by Crippen LogP contribution is 2.21. The summed E-state index contributed by atoms with van der Waals surface area (Å²) in [5, 5.41) is 1.65. The quantitative estimate of drug-likeness (QED) is 0.695. The Bertz CT molecular complexity index is 440. The van der Waals surface area contributed by atoms with Crippen LogP contribution in [0.2, 0.25) is 5.02 Å². The number of aromatic nitrogens is 2. The van der Waals surface area contributed by atoms with E-state index in [1.807, 2.05) is 25.1 Å². The predicted octanol–water partition coefficient (Wildman–Crippen LogP) is 2.85. The van der Waals surface area contributed by atoms with Gasteiger partial charge in [-0.1, -0.05) is 18.5 Å². The highest BCUT2D eigenvalue weighted by molar-refractivity contribution is 6.35. The van der Waals surface area contributed by atoms with Gasteiger partial charge in [0.15, 0.2) is 5.65 Å². The number of fused-ring (bicyclic) bond motifs is 1. The normalized spacial score (nSPS) is 10.6. The van der Waals surface area contributed by atoms with E-state index >= 15 is 0 Å². The van der Waals surface area contributed by atoms with E-state index in [2.05, 4.69) is 9.97 Å². The number of nitrogens with zero attached hydrogens (tertiary/aromatic N) is 2. The topological polar surface area (TPSA) is 25.8 Å². The first-order valence-electron chi connectivity index (χ1n) is 4.21. The van der Waals surface area contributed by atoms with Crippen molar-refractivity contribution in [3.63, 3.8) is 0 Å². The van der Waals surface area contributed by atoms with E-state index in [9.17, 15) is 0 Å². The molecule has 66 valence electrons. The minimum Gasteiger partial charge on any atom is -0.237 e. The molecule has 0 saturated heterocycles. The third kappa shape index (κ3) is 1.49. The Morgan fingerprint density at radius 3 is 3.08 bits per heavy atom. The van der Waals surface area contributed by atoms with E-state index in [0.717, 1.165) is 28.2 Å². The van der Waals surface area contributed by atoms with Crippen LogP contribution < -0.4 is 0 Å². The molecule has 0 aliphatic heterocycles. The second-order valence-corrected chi connectivity index (χ2v) is 3.23. The Kier molecular flexibility index (Phi) is 2.15. The van der Waals surface area contributed by atoms with Gasteiger partial charge >= 0.3 is 0 Å². The summed E-state index contributed by atoms with van der Waals surface area (Å²) in [5.74, 6) is 0. The van der Waals surface area contributed by atoms with Crippen LogP contribution in [0.25, 0.3) is 11.0 Å². The van der Waals surface area contributed by atoms with Gasteiger partial charge in [-0.2, -0.15) is 0 Å². The second-order valence-electron chi connectivity index (χ2n) is 2.82. The molecule has 2 aromatic heterocycles. The average Bonchev–Trinajstić information content (AvgIpc) is 2.18. The second kappa shape index (κ2) is 3.30. The van der Waals surface area contributed by atoms with Gasteiger partial charge in [0, 0.05) is 17.3 Å². The predicted molar refractivity (Wildman–Crippen MR) is 53.9 cm³/mol. The molecule has 0 saturated carbocycles. The Labute approximate surface area is 81.6 Å². The molecule has 0 spiro atoms. The van der Waals surface area contributed by atoms with Crippen LogP contribution in [0.1, 0.15) is 12.6 Å². The fourth-order valence-electron chi connectivity index (χ4n) is 1.25. The van der Waals surface area contributed by atoms with Crippen LogP contribution in [0.3, 0.4) is 0 Å². The Morgan fingerprint density at radius 2 is 2.31 bits per heavy atom. The minimum atomic E-state index is 0.729. The number of hydrogen-bond donors (Lipinski definition) is 0. The minimum absolute atomic E-state index is 0.729. The highest BCUT2D eigenvalue weighted by atomic mass is 35.5. The smallest absolute Gasteiger partial charge is 0.160 e. The van der Waals surface area contributed by atoms with Gasteiger partial charge in [0.1, 0.15) is 0 Å². The summed E-state index contributed by atoms with van der Waals surface area (Å²) in [7, 11) is 0. The van der Waals surface area contributed by atoms with Crippen LogP contribution in [0, 0.1) is 0 Å². The lowest BCUT2D eigenvalue weighted by atomic mass is 10.2. The molecule has 2 aromatic rings. The van der Waals surface area contributed by atoms with E-state index < -0.39 is 0 Å². The molecule has 0 aliphatic carbocycles. The highest BCUT2D eigenvalue weighted by Gasteiger charge is 2.02. The molecular weight excluding hydrogens is 184 g/mol. The summed E-state index contributed by atoms with van der Waals surface area (Å²) in [6.07, 6.45) is 2.61. The Hall–Kier alpha value is -1.15. The number of hydrogen-bond acceptors (Lipinski definition) is 2. The summed E-state index contributed by atoms with van der Waals surface area (Å²) in [4.78, 5) is 8.51. The molecule has 2 heterocycles. The molecule has 0 aromatic carbocycles. The molecule has 0 unspecified atom stereocenters. The molecule has 0 atom stereocenters. The van der Waals surface area contributed by atoms with E-state index in [0.29, 0.717) is 0 Å². The van der Waals surface area contributed by atoms with Gasteiger partial charge in [-0.25, -0.2) is 9.97 Å². The molecule has 0 fully saturated rings. The average molecular weight is 193 g/mol. The molecule has 3 heteroatoms. The number of halogens is 1. The van der Waals surface area contributed by atoms with Crippen LogP contribution in [-0.2, 0) is 6.42 Å². The van der Waals surface area contributed by atoms with Crippen molar-refractivity contribution in [2.24, 2.45) is 0 Å². The summed E-state index contributed by atoms with van der Waals surface area (Å²) < 4.78 is 0. The fraction of sp³-hybridized carbons (Fsp3) is 0.200. The van der Waals surface area contributed by atoms with Crippen molar-refractivity contribution in [3.05, 3.63) is 35.1 Å². The molecule has 2 nitrogen and oxygen atoms in total. The zero-order valence-electron chi connectivity index (χ0n) is 7.29. The van der Waals surface area contributed by atoms with Crippen LogP contribution >= 0.6 is 11.6 Å². The zero-order chi connectivity index (χ0) is 9.26. The van der Waals surface area contributed by atoms with Gasteiger partial charge in [-0.3, -0.25) is 0 Å². The zero-order valence-corrected chi connectivity index (χ0v) is 8.04. The van der Waals surface area contributed by atoms with Crippen molar-refractivity contribution < 1.29 is 0 Å². The summed E-state index contributed by atoms with van der Waals surface area (Å²) in [5.41, 5.74) is 1.71. The van der Waals surface area contributed by atoms with Gasteiger partial charge in [-0.15, -0.1) is 0 Å². The van der Waals surface area contributed by atoms with Crippen LogP contribution in [0.5, 0.6) is 0 Å². The summed E-state index contributed by atoms with van der Waals surface area (Å²) >= 11 is 6.06. The summed E-state index contributed by atoms with van der Waals surface area (Å²) in [6.45, 7) is 2.05. The monoisotopic (exact) mass is 192 g/mol. The maximum Gasteiger partial charge on any atom is 0.160 e. The van der Waals surface area contributed by atoms with Crippen molar-refractivity contribution in [3.8, 4) is 0 Å². The molecular formula is C10H9ClN2. The molecule has 0 bridgehead atoms. The first-order chi connectivity index (χ1) is 6.31. The van der Waals surface area contributed by atoms with Gasteiger partial charge in [0.05, 0.1) is 5.02 Å². The van der Waals surface area contributed by atoms with Crippen molar-refractivity contribution >= 4 is 22.6 Å². The van der Waals surface area contributed by atoms with E-state index in [1.165, 1.54) is 0 Å². The molecule has 0 amide bonds. The fourth-order valence-corrected chi connectivity index (χ4v) is 1.52. The maximum atomic E-state index is 6.06. The van der Waals surface area contributed by atoms with Gasteiger partial charge < -0.3 is 0 Å². The molecule has 0 N–H and O–H groups in total. The van der Waals surface area contributed by atoms with Crippen molar-refractivity contribution in [1.82, 2.24) is 9.97 Å². The Balaban J connectivity index is 2.77. The molecule has 13 heavy (non-hydrogen) atoms. The third-order valence-corrected chi connectivity index (χ3v) is 2.26. The first-order valence-corrected chi connectivity index (χ1v) is 4.59. The first kappa shape index (κ1) is 8.45. The van der Waals surface area contributed by atoms with Crippen molar-refractivity contribution in [2.45, 2.75) is 13.3 Å². The summed E-state index contributed by atoms with van der Waals surface area (Å²) in [6, 6.07) is 5.68. The standard InChI is InChI=1S/C10H9ClN2/c1-2-7-6-9(11)8-4-3-5-12-10(8)13-7/h3-6H,2H2,1H3. The number of rotatable bonds is 1. The number of aryl methyl sites for hydroxylation is 1. The third-order valence-electron chi connectivity index (χ3n) is 1.95. The lowest BCUT2D eigenvalue weighted by Gasteiger charge is -2.01. The molecule has 0 radical (unpaired) electrons. The van der Waals surface area contributed by atoms with Gasteiger partial charge in [0.25, 0.3) is 0 Å². The van der Waals surface area contributed by atoms with Crippen molar-refractivity contribution in [1.29, 1.82) is 0 Å². The van der Waals surface area contributed by atoms with Crippen LogP contribution in [0.4, 0.5) is 0 Å². The van der Waals surface area contributed by atoms with Crippen LogP contribution in [-0.4, -0.2) is 9.97 Å². The SMILES string of the molecule is CCc1cc(Cl)c2cccnc2n1. The van der Waals surface area contributed by atoms with E-state index in [-0.39, 0.29) is 0 Å². The van der Waals surface area contributed by atoms with E-state index in [4.69, 9.17) is 11.6 Å². The number of pyridine rings is 2.